The second-order valence-electron chi connectivity index (χ2n) is 6.54. The van der Waals surface area contributed by atoms with E-state index in [4.69, 9.17) is 4.74 Å². The van der Waals surface area contributed by atoms with Crippen molar-refractivity contribution < 1.29 is 9.53 Å². The number of nitrogens with one attached hydrogen (secondary N) is 1. The smallest absolute Gasteiger partial charge is 0.223 e. The number of carbonyl (C=O) groups excluding carboxylic acids is 1. The van der Waals surface area contributed by atoms with Crippen LogP contribution >= 0.6 is 0 Å². The molecule has 1 atom stereocenters. The molecule has 1 unspecified atom stereocenters. The number of ether oxygens (including phenoxy) is 1. The largest absolute Gasteiger partial charge is 0.381 e. The van der Waals surface area contributed by atoms with E-state index >= 15 is 0 Å². The minimum atomic E-state index is 0.0731. The normalized spacial score (nSPS) is 17.2. The molecule has 1 amide bonds. The molecular formula is C21H27N3O2. The van der Waals surface area contributed by atoms with Gasteiger partial charge in [0.1, 0.15) is 0 Å². The van der Waals surface area contributed by atoms with E-state index < -0.39 is 0 Å². The second-order valence-corrected chi connectivity index (χ2v) is 6.54. The van der Waals surface area contributed by atoms with Crippen molar-refractivity contribution in [2.24, 2.45) is 0 Å². The van der Waals surface area contributed by atoms with Gasteiger partial charge in [0.25, 0.3) is 0 Å². The number of hydrogen-bond acceptors (Lipinski definition) is 4. The molecule has 0 radical (unpaired) electrons. The zero-order valence-corrected chi connectivity index (χ0v) is 15.1. The van der Waals surface area contributed by atoms with Crippen molar-refractivity contribution in [3.8, 4) is 0 Å². The van der Waals surface area contributed by atoms with E-state index in [1.165, 1.54) is 5.56 Å². The average molecular weight is 353 g/mol. The van der Waals surface area contributed by atoms with Gasteiger partial charge in [0.2, 0.25) is 5.91 Å². The molecule has 0 bridgehead atoms. The summed E-state index contributed by atoms with van der Waals surface area (Å²) in [6.07, 6.45) is 5.82. The number of benzene rings is 1. The van der Waals surface area contributed by atoms with Gasteiger partial charge in [0, 0.05) is 45.1 Å². The van der Waals surface area contributed by atoms with Gasteiger partial charge in [-0.05, 0) is 30.0 Å². The van der Waals surface area contributed by atoms with Crippen molar-refractivity contribution in [2.45, 2.75) is 25.3 Å². The van der Waals surface area contributed by atoms with Crippen molar-refractivity contribution >= 4 is 5.91 Å². The molecule has 3 rings (SSSR count). The van der Waals surface area contributed by atoms with Gasteiger partial charge in [0.05, 0.1) is 12.6 Å². The van der Waals surface area contributed by atoms with E-state index in [-0.39, 0.29) is 11.9 Å². The first-order chi connectivity index (χ1) is 12.8. The monoisotopic (exact) mass is 353 g/mol. The van der Waals surface area contributed by atoms with Crippen molar-refractivity contribution in [3.05, 3.63) is 66.0 Å². The topological polar surface area (TPSA) is 54.5 Å². The average Bonchev–Trinajstić information content (AvgIpc) is 2.72. The van der Waals surface area contributed by atoms with Gasteiger partial charge in [-0.1, -0.05) is 36.4 Å². The number of piperazine rings is 1. The molecule has 1 N–H and O–H groups in total. The van der Waals surface area contributed by atoms with Gasteiger partial charge in [-0.2, -0.15) is 0 Å². The summed E-state index contributed by atoms with van der Waals surface area (Å²) < 4.78 is 5.69. The van der Waals surface area contributed by atoms with Gasteiger partial charge in [-0.25, -0.2) is 0 Å². The Kier molecular flexibility index (Phi) is 7.16. The van der Waals surface area contributed by atoms with Crippen LogP contribution < -0.4 is 5.32 Å². The molecule has 1 fully saturated rings. The minimum absolute atomic E-state index is 0.0731. The number of nitrogens with zero attached hydrogens (tertiary/aromatic N) is 2. The van der Waals surface area contributed by atoms with Crippen molar-refractivity contribution in [2.75, 3.05) is 32.8 Å². The van der Waals surface area contributed by atoms with E-state index in [2.05, 4.69) is 22.4 Å². The number of aromatic nitrogens is 1. The van der Waals surface area contributed by atoms with E-state index in [1.807, 2.05) is 41.4 Å². The van der Waals surface area contributed by atoms with Gasteiger partial charge >= 0.3 is 0 Å². The van der Waals surface area contributed by atoms with E-state index in [0.29, 0.717) is 19.6 Å². The molecule has 0 spiro atoms. The Labute approximate surface area is 155 Å². The lowest BCUT2D eigenvalue weighted by Gasteiger charge is -2.36. The number of amides is 1. The zero-order valence-electron chi connectivity index (χ0n) is 15.1. The summed E-state index contributed by atoms with van der Waals surface area (Å²) in [4.78, 5) is 18.8. The maximum Gasteiger partial charge on any atom is 0.223 e. The van der Waals surface area contributed by atoms with Crippen LogP contribution in [-0.4, -0.2) is 48.6 Å². The Morgan fingerprint density at radius 1 is 1.19 bits per heavy atom. The maximum absolute atomic E-state index is 12.7. The van der Waals surface area contributed by atoms with Crippen LogP contribution in [0.25, 0.3) is 0 Å². The summed E-state index contributed by atoms with van der Waals surface area (Å²) in [6.45, 7) is 3.70. The van der Waals surface area contributed by atoms with Crippen molar-refractivity contribution in [1.29, 1.82) is 0 Å². The molecule has 1 aromatic heterocycles. The van der Waals surface area contributed by atoms with Crippen LogP contribution in [0.3, 0.4) is 0 Å². The molecule has 0 saturated carbocycles. The standard InChI is InChI=1S/C21H27N3O2/c25-21(9-5-14-26-15-10-18-6-2-1-3-7-18)24-13-12-23-17-20(24)19-8-4-11-22-16-19/h1-4,6-8,11,16,20,23H,5,9-10,12-15,17H2. The molecule has 5 heteroatoms. The van der Waals surface area contributed by atoms with Crippen LogP contribution in [0.1, 0.15) is 30.0 Å². The lowest BCUT2D eigenvalue weighted by Crippen LogP contribution is -2.48. The Morgan fingerprint density at radius 3 is 2.88 bits per heavy atom. The fourth-order valence-electron chi connectivity index (χ4n) is 3.28. The van der Waals surface area contributed by atoms with Gasteiger partial charge in [0.15, 0.2) is 0 Å². The van der Waals surface area contributed by atoms with E-state index in [9.17, 15) is 4.79 Å². The highest BCUT2D eigenvalue weighted by Gasteiger charge is 2.27. The summed E-state index contributed by atoms with van der Waals surface area (Å²) in [5.74, 6) is 0.201. The molecule has 1 aliphatic rings. The fourth-order valence-corrected chi connectivity index (χ4v) is 3.28. The molecule has 26 heavy (non-hydrogen) atoms. The van der Waals surface area contributed by atoms with E-state index in [0.717, 1.165) is 38.0 Å². The zero-order chi connectivity index (χ0) is 18.0. The summed E-state index contributed by atoms with van der Waals surface area (Å²) in [7, 11) is 0. The van der Waals surface area contributed by atoms with Crippen LogP contribution in [0.2, 0.25) is 0 Å². The van der Waals surface area contributed by atoms with Gasteiger partial charge in [-0.3, -0.25) is 9.78 Å². The lowest BCUT2D eigenvalue weighted by molar-refractivity contribution is -0.134. The first-order valence-electron chi connectivity index (χ1n) is 9.36. The third-order valence-electron chi connectivity index (χ3n) is 4.69. The number of rotatable bonds is 8. The highest BCUT2D eigenvalue weighted by molar-refractivity contribution is 5.76. The molecular weight excluding hydrogens is 326 g/mol. The molecule has 5 nitrogen and oxygen atoms in total. The highest BCUT2D eigenvalue weighted by Crippen LogP contribution is 2.22. The number of pyridine rings is 1. The highest BCUT2D eigenvalue weighted by atomic mass is 16.5. The maximum atomic E-state index is 12.7. The number of carbonyl (C=O) groups is 1. The van der Waals surface area contributed by atoms with Crippen molar-refractivity contribution in [1.82, 2.24) is 15.2 Å². The summed E-state index contributed by atoms with van der Waals surface area (Å²) in [5.41, 5.74) is 2.37. The Bertz CT molecular complexity index is 663. The third-order valence-corrected chi connectivity index (χ3v) is 4.69. The Morgan fingerprint density at radius 2 is 2.08 bits per heavy atom. The van der Waals surface area contributed by atoms with Gasteiger partial charge < -0.3 is 15.0 Å². The Balaban J connectivity index is 1.39. The summed E-state index contributed by atoms with van der Waals surface area (Å²) >= 11 is 0. The molecule has 0 aliphatic carbocycles. The number of hydrogen-bond donors (Lipinski definition) is 1. The van der Waals surface area contributed by atoms with Crippen LogP contribution in [0.15, 0.2) is 54.9 Å². The quantitative estimate of drug-likeness (QED) is 0.741. The molecule has 1 aliphatic heterocycles. The first-order valence-corrected chi connectivity index (χ1v) is 9.36. The summed E-state index contributed by atoms with van der Waals surface area (Å²) in [5, 5.41) is 3.37. The molecule has 138 valence electrons. The molecule has 1 saturated heterocycles. The molecule has 1 aromatic carbocycles. The SMILES string of the molecule is O=C(CCCOCCc1ccccc1)N1CCNCC1c1cccnc1. The molecule has 2 aromatic rings. The molecule has 2 heterocycles. The third kappa shape index (κ3) is 5.38. The lowest BCUT2D eigenvalue weighted by atomic mass is 10.0. The Hall–Kier alpha value is -2.24. The van der Waals surface area contributed by atoms with Crippen LogP contribution in [-0.2, 0) is 16.0 Å². The second kappa shape index (κ2) is 10.0. The fraction of sp³-hybridized carbons (Fsp3) is 0.429. The summed E-state index contributed by atoms with van der Waals surface area (Å²) in [6, 6.07) is 14.4. The van der Waals surface area contributed by atoms with Gasteiger partial charge in [-0.15, -0.1) is 0 Å². The van der Waals surface area contributed by atoms with Crippen molar-refractivity contribution in [3.63, 3.8) is 0 Å². The predicted octanol–water partition coefficient (Wildman–Crippen LogP) is 2.59. The van der Waals surface area contributed by atoms with Crippen LogP contribution in [0.4, 0.5) is 0 Å². The minimum Gasteiger partial charge on any atom is -0.381 e. The van der Waals surface area contributed by atoms with E-state index in [1.54, 1.807) is 6.20 Å². The van der Waals surface area contributed by atoms with Crippen LogP contribution in [0, 0.1) is 0 Å². The first kappa shape index (κ1) is 18.5. The van der Waals surface area contributed by atoms with Crippen LogP contribution in [0.5, 0.6) is 0 Å². The predicted molar refractivity (Wildman–Crippen MR) is 102 cm³/mol.